The summed E-state index contributed by atoms with van der Waals surface area (Å²) >= 11 is 0. The predicted octanol–water partition coefficient (Wildman–Crippen LogP) is 4.28. The van der Waals surface area contributed by atoms with Crippen LogP contribution >= 0.6 is 0 Å². The first-order chi connectivity index (χ1) is 13.5. The molecule has 1 N–H and O–H groups in total. The monoisotopic (exact) mass is 412 g/mol. The topological polar surface area (TPSA) is 111 Å². The molecule has 2 unspecified atom stereocenters. The number of aromatic nitrogens is 2. The number of fused-ring (bicyclic) bond motifs is 1. The molecule has 2 atom stereocenters. The fourth-order valence-electron chi connectivity index (χ4n) is 3.82. The van der Waals surface area contributed by atoms with Crippen molar-refractivity contribution in [3.05, 3.63) is 28.4 Å². The van der Waals surface area contributed by atoms with Gasteiger partial charge in [0.1, 0.15) is 0 Å². The summed E-state index contributed by atoms with van der Waals surface area (Å²) in [5.74, 6) is -0.545. The highest BCUT2D eigenvalue weighted by Gasteiger charge is 2.39. The van der Waals surface area contributed by atoms with Crippen molar-refractivity contribution in [2.75, 3.05) is 6.54 Å². The van der Waals surface area contributed by atoms with E-state index in [4.69, 9.17) is 0 Å². The Morgan fingerprint density at radius 1 is 1.41 bits per heavy atom. The van der Waals surface area contributed by atoms with Gasteiger partial charge in [-0.1, -0.05) is 20.8 Å². The molecule has 1 saturated heterocycles. The molecule has 158 valence electrons. The van der Waals surface area contributed by atoms with Crippen molar-refractivity contribution in [3.8, 4) is 5.75 Å². The smallest absolute Gasteiger partial charge is 0.407 e. The van der Waals surface area contributed by atoms with Crippen LogP contribution in [0.1, 0.15) is 39.7 Å². The summed E-state index contributed by atoms with van der Waals surface area (Å²) in [6.07, 6.45) is 1.69. The Labute approximate surface area is 165 Å². The fraction of sp³-hybridized carbons (Fsp3) is 0.556. The number of carbonyl (C=O) groups is 1. The number of rotatable bonds is 4. The summed E-state index contributed by atoms with van der Waals surface area (Å²) in [6.45, 7) is 3.03. The molecular formula is C18H22F2N4O5. The molecule has 1 aliphatic rings. The van der Waals surface area contributed by atoms with E-state index in [0.717, 1.165) is 12.1 Å². The van der Waals surface area contributed by atoms with Crippen molar-refractivity contribution in [2.24, 2.45) is 5.41 Å². The third-order valence-electron chi connectivity index (χ3n) is 5.21. The summed E-state index contributed by atoms with van der Waals surface area (Å²) in [5.41, 5.74) is -0.564. The van der Waals surface area contributed by atoms with E-state index in [1.807, 2.05) is 20.8 Å². The number of benzene rings is 1. The first-order valence-corrected chi connectivity index (χ1v) is 9.09. The average molecular weight is 412 g/mol. The van der Waals surface area contributed by atoms with E-state index in [9.17, 15) is 28.8 Å². The minimum absolute atomic E-state index is 0.124. The van der Waals surface area contributed by atoms with Gasteiger partial charge in [0.15, 0.2) is 0 Å². The number of likely N-dealkylation sites (tertiary alicyclic amines) is 1. The molecule has 3 rings (SSSR count). The first kappa shape index (κ1) is 20.7. The third kappa shape index (κ3) is 4.22. The molecule has 0 aliphatic carbocycles. The van der Waals surface area contributed by atoms with Crippen LogP contribution in [0.4, 0.5) is 19.3 Å². The number of halogens is 2. The lowest BCUT2D eigenvalue weighted by atomic mass is 9.79. The van der Waals surface area contributed by atoms with Crippen LogP contribution in [0.15, 0.2) is 18.3 Å². The van der Waals surface area contributed by atoms with E-state index in [0.29, 0.717) is 30.3 Å². The summed E-state index contributed by atoms with van der Waals surface area (Å²) in [4.78, 5) is 23.4. The molecule has 9 nitrogen and oxygen atoms in total. The Bertz CT molecular complexity index is 940. The molecule has 0 spiro atoms. The third-order valence-corrected chi connectivity index (χ3v) is 5.21. The van der Waals surface area contributed by atoms with Gasteiger partial charge >= 0.3 is 18.4 Å². The number of nitrogens with zero attached hydrogens (tertiary/aromatic N) is 4. The van der Waals surface area contributed by atoms with Gasteiger partial charge in [-0.15, -0.1) is 0 Å². The van der Waals surface area contributed by atoms with E-state index >= 15 is 0 Å². The zero-order chi connectivity index (χ0) is 21.5. The van der Waals surface area contributed by atoms with E-state index in [-0.39, 0.29) is 17.5 Å². The minimum Gasteiger partial charge on any atom is -0.465 e. The Morgan fingerprint density at radius 3 is 2.66 bits per heavy atom. The SMILES string of the molecule is CC(C)(C)C1CC(n2cc3cc([N+](=O)[O-])c(OC(F)F)cc3n2)CCN1C(=O)O. The van der Waals surface area contributed by atoms with Gasteiger partial charge < -0.3 is 14.7 Å². The molecule has 1 fully saturated rings. The Kier molecular flexibility index (Phi) is 5.33. The van der Waals surface area contributed by atoms with Crippen LogP contribution in [0.25, 0.3) is 10.9 Å². The van der Waals surface area contributed by atoms with Crippen molar-refractivity contribution in [1.82, 2.24) is 14.7 Å². The number of ether oxygens (including phenoxy) is 1. The van der Waals surface area contributed by atoms with Gasteiger partial charge in [0.25, 0.3) is 0 Å². The van der Waals surface area contributed by atoms with Gasteiger partial charge in [-0.25, -0.2) is 4.79 Å². The Morgan fingerprint density at radius 2 is 2.10 bits per heavy atom. The van der Waals surface area contributed by atoms with Crippen LogP contribution in [0.2, 0.25) is 0 Å². The van der Waals surface area contributed by atoms with E-state index in [2.05, 4.69) is 9.84 Å². The highest BCUT2D eigenvalue weighted by atomic mass is 19.3. The van der Waals surface area contributed by atoms with Gasteiger partial charge in [-0.2, -0.15) is 13.9 Å². The summed E-state index contributed by atoms with van der Waals surface area (Å²) in [6, 6.07) is 1.92. The molecule has 1 aromatic carbocycles. The highest BCUT2D eigenvalue weighted by molar-refractivity contribution is 5.83. The molecule has 1 amide bonds. The average Bonchev–Trinajstić information content (AvgIpc) is 3.02. The van der Waals surface area contributed by atoms with Gasteiger partial charge in [0.05, 0.1) is 16.5 Å². The number of carboxylic acid groups (broad SMARTS) is 1. The van der Waals surface area contributed by atoms with Crippen molar-refractivity contribution >= 4 is 22.7 Å². The second kappa shape index (κ2) is 7.45. The molecule has 1 aromatic heterocycles. The van der Waals surface area contributed by atoms with Crippen molar-refractivity contribution < 1.29 is 28.3 Å². The largest absolute Gasteiger partial charge is 0.465 e. The van der Waals surface area contributed by atoms with Crippen LogP contribution in [-0.4, -0.2) is 50.0 Å². The quantitative estimate of drug-likeness (QED) is 0.593. The van der Waals surface area contributed by atoms with Crippen LogP contribution < -0.4 is 4.74 Å². The molecular weight excluding hydrogens is 390 g/mol. The fourth-order valence-corrected chi connectivity index (χ4v) is 3.82. The molecule has 0 bridgehead atoms. The van der Waals surface area contributed by atoms with Crippen molar-refractivity contribution in [2.45, 2.75) is 52.3 Å². The Hall–Kier alpha value is -2.98. The van der Waals surface area contributed by atoms with Crippen LogP contribution in [0, 0.1) is 15.5 Å². The Balaban J connectivity index is 1.96. The number of nitro groups is 1. The minimum atomic E-state index is -3.19. The number of amides is 1. The van der Waals surface area contributed by atoms with E-state index in [1.54, 1.807) is 10.9 Å². The van der Waals surface area contributed by atoms with Gasteiger partial charge in [-0.05, 0) is 18.3 Å². The zero-order valence-electron chi connectivity index (χ0n) is 16.2. The first-order valence-electron chi connectivity index (χ1n) is 9.09. The number of nitro benzene ring substituents is 1. The lowest BCUT2D eigenvalue weighted by molar-refractivity contribution is -0.386. The van der Waals surface area contributed by atoms with E-state index < -0.39 is 29.1 Å². The van der Waals surface area contributed by atoms with E-state index in [1.165, 1.54) is 4.90 Å². The van der Waals surface area contributed by atoms with Gasteiger partial charge in [0.2, 0.25) is 5.75 Å². The maximum Gasteiger partial charge on any atom is 0.407 e. The molecule has 1 aliphatic heterocycles. The number of hydrogen-bond donors (Lipinski definition) is 1. The van der Waals surface area contributed by atoms with Crippen LogP contribution in [-0.2, 0) is 0 Å². The maximum absolute atomic E-state index is 12.6. The second-order valence-corrected chi connectivity index (χ2v) is 8.16. The van der Waals surface area contributed by atoms with Crippen LogP contribution in [0.3, 0.4) is 0 Å². The van der Waals surface area contributed by atoms with Crippen LogP contribution in [0.5, 0.6) is 5.75 Å². The number of piperidine rings is 1. The number of hydrogen-bond acceptors (Lipinski definition) is 5. The normalized spacial score (nSPS) is 20.3. The standard InChI is InChI=1S/C18H22F2N4O5/c1-18(2,3)15-7-11(4-5-22(15)17(25)26)23-9-10-6-13(24(27)28)14(29-16(19)20)8-12(10)21-23/h6,8-9,11,15-16H,4-5,7H2,1-3H3,(H,25,26). The van der Waals surface area contributed by atoms with Crippen molar-refractivity contribution in [1.29, 1.82) is 0 Å². The predicted molar refractivity (Wildman–Crippen MR) is 99.3 cm³/mol. The molecule has 11 heteroatoms. The molecule has 2 heterocycles. The van der Waals surface area contributed by atoms with Gasteiger partial charge in [-0.3, -0.25) is 14.8 Å². The summed E-state index contributed by atoms with van der Waals surface area (Å²) < 4.78 is 31.1. The number of alkyl halides is 2. The second-order valence-electron chi connectivity index (χ2n) is 8.16. The highest BCUT2D eigenvalue weighted by Crippen LogP contribution is 2.38. The summed E-state index contributed by atoms with van der Waals surface area (Å²) in [7, 11) is 0. The van der Waals surface area contributed by atoms with Gasteiger partial charge in [0, 0.05) is 36.3 Å². The molecule has 0 radical (unpaired) electrons. The van der Waals surface area contributed by atoms with Crippen molar-refractivity contribution in [3.63, 3.8) is 0 Å². The molecule has 2 aromatic rings. The maximum atomic E-state index is 12.6. The molecule has 29 heavy (non-hydrogen) atoms. The lowest BCUT2D eigenvalue weighted by Gasteiger charge is -2.44. The lowest BCUT2D eigenvalue weighted by Crippen LogP contribution is -2.51. The zero-order valence-corrected chi connectivity index (χ0v) is 16.2. The summed E-state index contributed by atoms with van der Waals surface area (Å²) in [5, 5.41) is 25.5. The molecule has 0 saturated carbocycles.